The number of hydrogen-bond donors (Lipinski definition) is 2. The van der Waals surface area contributed by atoms with Crippen molar-refractivity contribution in [2.24, 2.45) is 18.9 Å². The molecule has 1 saturated carbocycles. The molecular weight excluding hydrogens is 468 g/mol. The number of ether oxygens (including phenoxy) is 2. The fraction of sp³-hybridized carbons (Fsp3) is 0.667. The van der Waals surface area contributed by atoms with Gasteiger partial charge in [0.2, 0.25) is 5.95 Å². The zero-order valence-corrected chi connectivity index (χ0v) is 20.1. The van der Waals surface area contributed by atoms with Gasteiger partial charge in [0.05, 0.1) is 54.9 Å². The number of nitrogens with one attached hydrogen (secondary N) is 2. The molecule has 0 bridgehead atoms. The monoisotopic (exact) mass is 496 g/mol. The number of aromatic nitrogens is 4. The SMILES string of the molecule is Cn1cc(Nc2ncc(Cl)c(NC3COC4C(CS(=O)(=O)CC5CCCC5)COC34)n2)cn1. The Balaban J connectivity index is 1.21. The third-order valence-corrected chi connectivity index (χ3v) is 8.81. The first-order valence-electron chi connectivity index (χ1n) is 11.3. The third kappa shape index (κ3) is 5.26. The third-order valence-electron chi connectivity index (χ3n) is 6.62. The summed E-state index contributed by atoms with van der Waals surface area (Å²) in [5.41, 5.74) is 0.760. The van der Waals surface area contributed by atoms with Crippen LogP contribution in [0.5, 0.6) is 0 Å². The zero-order valence-electron chi connectivity index (χ0n) is 18.5. The van der Waals surface area contributed by atoms with Crippen molar-refractivity contribution in [3.8, 4) is 0 Å². The lowest BCUT2D eigenvalue weighted by molar-refractivity contribution is 0.0656. The summed E-state index contributed by atoms with van der Waals surface area (Å²) in [6, 6.07) is -0.184. The molecule has 2 aromatic rings. The molecule has 3 fully saturated rings. The summed E-state index contributed by atoms with van der Waals surface area (Å²) in [6.07, 6.45) is 8.82. The number of halogens is 1. The van der Waals surface area contributed by atoms with Crippen molar-refractivity contribution in [1.82, 2.24) is 19.7 Å². The van der Waals surface area contributed by atoms with Crippen molar-refractivity contribution >= 4 is 38.9 Å². The Bertz CT molecular complexity index is 1090. The van der Waals surface area contributed by atoms with E-state index in [0.29, 0.717) is 35.9 Å². The molecule has 0 radical (unpaired) electrons. The first-order valence-corrected chi connectivity index (χ1v) is 13.5. The highest BCUT2D eigenvalue weighted by atomic mass is 35.5. The fourth-order valence-corrected chi connectivity index (χ4v) is 7.37. The van der Waals surface area contributed by atoms with Gasteiger partial charge in [0.1, 0.15) is 11.1 Å². The van der Waals surface area contributed by atoms with Crippen molar-refractivity contribution in [3.05, 3.63) is 23.6 Å². The van der Waals surface area contributed by atoms with Gasteiger partial charge in [-0.3, -0.25) is 4.68 Å². The van der Waals surface area contributed by atoms with E-state index >= 15 is 0 Å². The Hall–Kier alpha value is -1.95. The van der Waals surface area contributed by atoms with Crippen LogP contribution in [0.15, 0.2) is 18.6 Å². The van der Waals surface area contributed by atoms with E-state index in [0.717, 1.165) is 31.4 Å². The summed E-state index contributed by atoms with van der Waals surface area (Å²) >= 11 is 6.33. The van der Waals surface area contributed by atoms with E-state index in [4.69, 9.17) is 21.1 Å². The normalized spacial score (nSPS) is 27.7. The van der Waals surface area contributed by atoms with Crippen molar-refractivity contribution < 1.29 is 17.9 Å². The highest BCUT2D eigenvalue weighted by Crippen LogP contribution is 2.35. The average molecular weight is 497 g/mol. The highest BCUT2D eigenvalue weighted by Gasteiger charge is 2.49. The van der Waals surface area contributed by atoms with E-state index in [-0.39, 0.29) is 35.7 Å². The fourth-order valence-electron chi connectivity index (χ4n) is 5.09. The van der Waals surface area contributed by atoms with Gasteiger partial charge in [-0.1, -0.05) is 24.4 Å². The van der Waals surface area contributed by atoms with Crippen LogP contribution >= 0.6 is 11.6 Å². The second-order valence-electron chi connectivity index (χ2n) is 9.25. The van der Waals surface area contributed by atoms with Crippen LogP contribution in [-0.2, 0) is 26.4 Å². The maximum absolute atomic E-state index is 12.8. The molecule has 4 heterocycles. The van der Waals surface area contributed by atoms with Crippen molar-refractivity contribution in [2.75, 3.05) is 35.4 Å². The van der Waals surface area contributed by atoms with E-state index in [9.17, 15) is 8.42 Å². The Morgan fingerprint density at radius 1 is 1.15 bits per heavy atom. The van der Waals surface area contributed by atoms with Gasteiger partial charge < -0.3 is 20.1 Å². The highest BCUT2D eigenvalue weighted by molar-refractivity contribution is 7.91. The number of anilines is 3. The smallest absolute Gasteiger partial charge is 0.229 e. The molecule has 2 aromatic heterocycles. The minimum absolute atomic E-state index is 0.116. The van der Waals surface area contributed by atoms with Gasteiger partial charge in [0.25, 0.3) is 0 Å². The Morgan fingerprint density at radius 3 is 2.70 bits per heavy atom. The number of nitrogens with zero attached hydrogens (tertiary/aromatic N) is 4. The molecule has 0 spiro atoms. The van der Waals surface area contributed by atoms with Crippen LogP contribution in [-0.4, -0.2) is 71.1 Å². The largest absolute Gasteiger partial charge is 0.373 e. The minimum atomic E-state index is -3.14. The molecule has 33 heavy (non-hydrogen) atoms. The molecule has 4 unspecified atom stereocenters. The maximum Gasteiger partial charge on any atom is 0.229 e. The van der Waals surface area contributed by atoms with Crippen LogP contribution in [0, 0.1) is 11.8 Å². The summed E-state index contributed by atoms with van der Waals surface area (Å²) in [5, 5.41) is 10.9. The number of fused-ring (bicyclic) bond motifs is 1. The summed E-state index contributed by atoms with van der Waals surface area (Å²) in [6.45, 7) is 0.767. The van der Waals surface area contributed by atoms with Crippen LogP contribution in [0.25, 0.3) is 0 Å². The Kier molecular flexibility index (Phi) is 6.47. The quantitative estimate of drug-likeness (QED) is 0.567. The molecule has 0 aromatic carbocycles. The van der Waals surface area contributed by atoms with Gasteiger partial charge in [-0.15, -0.1) is 0 Å². The lowest BCUT2D eigenvalue weighted by atomic mass is 10.0. The van der Waals surface area contributed by atoms with Gasteiger partial charge in [-0.2, -0.15) is 10.1 Å². The standard InChI is InChI=1S/C21H29ClN6O4S/c1-28-8-15(6-24-28)25-21-23-7-16(22)20(27-21)26-17-10-32-18-14(9-31-19(17)18)12-33(29,30)11-13-4-2-3-5-13/h6-8,13-14,17-19H,2-5,9-12H2,1H3,(H2,23,25,26,27). The van der Waals surface area contributed by atoms with E-state index in [1.807, 2.05) is 13.2 Å². The second-order valence-corrected chi connectivity index (χ2v) is 11.8. The van der Waals surface area contributed by atoms with Crippen LogP contribution in [0.2, 0.25) is 5.02 Å². The van der Waals surface area contributed by atoms with Gasteiger partial charge in [-0.05, 0) is 18.8 Å². The number of rotatable bonds is 8. The average Bonchev–Trinajstić information content (AvgIpc) is 3.54. The lowest BCUT2D eigenvalue weighted by Crippen LogP contribution is -2.36. The topological polar surface area (TPSA) is 120 Å². The van der Waals surface area contributed by atoms with Gasteiger partial charge >= 0.3 is 0 Å². The number of sulfone groups is 1. The second kappa shape index (κ2) is 9.36. The first-order chi connectivity index (χ1) is 15.9. The lowest BCUT2D eigenvalue weighted by Gasteiger charge is -2.19. The van der Waals surface area contributed by atoms with E-state index in [1.54, 1.807) is 10.9 Å². The molecule has 0 amide bonds. The molecule has 4 atom stereocenters. The molecule has 2 saturated heterocycles. The van der Waals surface area contributed by atoms with Crippen LogP contribution < -0.4 is 10.6 Å². The number of hydrogen-bond acceptors (Lipinski definition) is 9. The molecule has 12 heteroatoms. The van der Waals surface area contributed by atoms with Crippen molar-refractivity contribution in [3.63, 3.8) is 0 Å². The molecule has 3 aliphatic rings. The summed E-state index contributed by atoms with van der Waals surface area (Å²) in [5.74, 6) is 1.40. The molecule has 2 aliphatic heterocycles. The van der Waals surface area contributed by atoms with Crippen molar-refractivity contribution in [1.29, 1.82) is 0 Å². The summed E-state index contributed by atoms with van der Waals surface area (Å²) in [4.78, 5) is 8.70. The minimum Gasteiger partial charge on any atom is -0.373 e. The maximum atomic E-state index is 12.8. The Labute approximate surface area is 198 Å². The van der Waals surface area contributed by atoms with E-state index < -0.39 is 9.84 Å². The van der Waals surface area contributed by atoms with Crippen molar-refractivity contribution in [2.45, 2.75) is 43.9 Å². The molecule has 5 rings (SSSR count). The molecule has 1 aliphatic carbocycles. The predicted octanol–water partition coefficient (Wildman–Crippen LogP) is 2.41. The van der Waals surface area contributed by atoms with E-state index in [2.05, 4.69) is 25.7 Å². The Morgan fingerprint density at radius 2 is 1.94 bits per heavy atom. The van der Waals surface area contributed by atoms with Crippen LogP contribution in [0.3, 0.4) is 0 Å². The number of aryl methyl sites for hydroxylation is 1. The van der Waals surface area contributed by atoms with Crippen LogP contribution in [0.1, 0.15) is 25.7 Å². The molecule has 2 N–H and O–H groups in total. The van der Waals surface area contributed by atoms with Gasteiger partial charge in [-0.25, -0.2) is 13.4 Å². The summed E-state index contributed by atoms with van der Waals surface area (Å²) < 4.78 is 39.2. The first kappa shape index (κ1) is 22.8. The summed E-state index contributed by atoms with van der Waals surface area (Å²) in [7, 11) is -1.32. The molecule has 180 valence electrons. The van der Waals surface area contributed by atoms with Gasteiger partial charge in [0, 0.05) is 19.2 Å². The zero-order chi connectivity index (χ0) is 23.0. The molecule has 10 nitrogen and oxygen atoms in total. The predicted molar refractivity (Wildman–Crippen MR) is 125 cm³/mol. The van der Waals surface area contributed by atoms with Crippen LogP contribution in [0.4, 0.5) is 17.5 Å². The molecular formula is C21H29ClN6O4S. The van der Waals surface area contributed by atoms with E-state index in [1.165, 1.54) is 6.20 Å². The van der Waals surface area contributed by atoms with Gasteiger partial charge in [0.15, 0.2) is 15.7 Å².